The van der Waals surface area contributed by atoms with Crippen LogP contribution in [0.3, 0.4) is 0 Å². The summed E-state index contributed by atoms with van der Waals surface area (Å²) in [7, 11) is 0. The minimum atomic E-state index is 0.193. The van der Waals surface area contributed by atoms with Crippen LogP contribution in [0.1, 0.15) is 52.5 Å². The molecule has 108 valence electrons. The van der Waals surface area contributed by atoms with Crippen molar-refractivity contribution in [1.29, 1.82) is 0 Å². The van der Waals surface area contributed by atoms with Gasteiger partial charge in [0.2, 0.25) is 0 Å². The normalized spacial score (nSPS) is 12.7. The van der Waals surface area contributed by atoms with Crippen molar-refractivity contribution in [1.82, 2.24) is 4.98 Å². The molecule has 19 heavy (non-hydrogen) atoms. The molecule has 1 rings (SSSR count). The molecule has 0 radical (unpaired) electrons. The molecule has 0 amide bonds. The second kappa shape index (κ2) is 8.16. The number of aromatic nitrogens is 1. The van der Waals surface area contributed by atoms with Gasteiger partial charge in [0.15, 0.2) is 0 Å². The van der Waals surface area contributed by atoms with Crippen LogP contribution in [0, 0.1) is 0 Å². The van der Waals surface area contributed by atoms with E-state index < -0.39 is 0 Å². The van der Waals surface area contributed by atoms with Crippen LogP contribution in [0.5, 0.6) is 0 Å². The summed E-state index contributed by atoms with van der Waals surface area (Å²) >= 11 is 0. The Bertz CT molecular complexity index is 344. The van der Waals surface area contributed by atoms with Gasteiger partial charge in [-0.25, -0.2) is 4.98 Å². The average molecular weight is 263 g/mol. The SMILES string of the molecule is CCCCCN(c1ccc(CC(C)N)cn1)C(C)C. The van der Waals surface area contributed by atoms with Crippen molar-refractivity contribution in [2.75, 3.05) is 11.4 Å². The fraction of sp³-hybridized carbons (Fsp3) is 0.688. The van der Waals surface area contributed by atoms with E-state index in [1.165, 1.54) is 24.8 Å². The summed E-state index contributed by atoms with van der Waals surface area (Å²) in [6.45, 7) is 9.80. The monoisotopic (exact) mass is 263 g/mol. The van der Waals surface area contributed by atoms with Crippen LogP contribution in [0.4, 0.5) is 5.82 Å². The molecular formula is C16H29N3. The zero-order chi connectivity index (χ0) is 14.3. The Morgan fingerprint density at radius 3 is 2.42 bits per heavy atom. The van der Waals surface area contributed by atoms with Crippen molar-refractivity contribution in [3.05, 3.63) is 23.9 Å². The van der Waals surface area contributed by atoms with Crippen molar-refractivity contribution in [2.24, 2.45) is 5.73 Å². The van der Waals surface area contributed by atoms with Crippen LogP contribution in [0.15, 0.2) is 18.3 Å². The Balaban J connectivity index is 2.68. The molecule has 0 aliphatic rings. The Hall–Kier alpha value is -1.09. The minimum Gasteiger partial charge on any atom is -0.354 e. The van der Waals surface area contributed by atoms with Gasteiger partial charge < -0.3 is 10.6 Å². The maximum Gasteiger partial charge on any atom is 0.128 e. The van der Waals surface area contributed by atoms with Gasteiger partial charge in [-0.15, -0.1) is 0 Å². The number of unbranched alkanes of at least 4 members (excludes halogenated alkanes) is 2. The summed E-state index contributed by atoms with van der Waals surface area (Å²) in [5, 5.41) is 0. The Morgan fingerprint density at radius 2 is 1.95 bits per heavy atom. The van der Waals surface area contributed by atoms with Crippen LogP contribution >= 0.6 is 0 Å². The highest BCUT2D eigenvalue weighted by Crippen LogP contribution is 2.16. The van der Waals surface area contributed by atoms with Gasteiger partial charge in [-0.2, -0.15) is 0 Å². The molecule has 1 atom stereocenters. The molecule has 3 nitrogen and oxygen atoms in total. The van der Waals surface area contributed by atoms with Gasteiger partial charge in [0, 0.05) is 24.8 Å². The van der Waals surface area contributed by atoms with Crippen LogP contribution < -0.4 is 10.6 Å². The molecule has 1 aromatic heterocycles. The molecule has 3 heteroatoms. The third-order valence-electron chi connectivity index (χ3n) is 3.29. The molecular weight excluding hydrogens is 234 g/mol. The lowest BCUT2D eigenvalue weighted by Gasteiger charge is -2.28. The smallest absolute Gasteiger partial charge is 0.128 e. The lowest BCUT2D eigenvalue weighted by molar-refractivity contribution is 0.619. The molecule has 0 saturated carbocycles. The van der Waals surface area contributed by atoms with Gasteiger partial charge in [0.25, 0.3) is 0 Å². The van der Waals surface area contributed by atoms with Crippen molar-refractivity contribution in [3.63, 3.8) is 0 Å². The molecule has 0 spiro atoms. The number of nitrogens with two attached hydrogens (primary N) is 1. The number of nitrogens with zero attached hydrogens (tertiary/aromatic N) is 2. The highest BCUT2D eigenvalue weighted by Gasteiger charge is 2.11. The van der Waals surface area contributed by atoms with E-state index in [-0.39, 0.29) is 6.04 Å². The molecule has 0 aromatic carbocycles. The Kier molecular flexibility index (Phi) is 6.85. The van der Waals surface area contributed by atoms with Gasteiger partial charge in [-0.05, 0) is 45.2 Å². The van der Waals surface area contributed by atoms with Crippen LogP contribution in [-0.2, 0) is 6.42 Å². The fourth-order valence-corrected chi connectivity index (χ4v) is 2.25. The van der Waals surface area contributed by atoms with E-state index >= 15 is 0 Å². The summed E-state index contributed by atoms with van der Waals surface area (Å²) < 4.78 is 0. The van der Waals surface area contributed by atoms with E-state index in [4.69, 9.17) is 5.73 Å². The highest BCUT2D eigenvalue weighted by atomic mass is 15.2. The summed E-state index contributed by atoms with van der Waals surface area (Å²) in [5.41, 5.74) is 7.03. The van der Waals surface area contributed by atoms with Crippen molar-refractivity contribution in [2.45, 2.75) is 65.5 Å². The molecule has 1 aromatic rings. The van der Waals surface area contributed by atoms with Crippen LogP contribution in [-0.4, -0.2) is 23.6 Å². The topological polar surface area (TPSA) is 42.1 Å². The minimum absolute atomic E-state index is 0.193. The van der Waals surface area contributed by atoms with E-state index in [9.17, 15) is 0 Å². The summed E-state index contributed by atoms with van der Waals surface area (Å²) in [4.78, 5) is 6.98. The first kappa shape index (κ1) is 16.0. The number of rotatable bonds is 8. The molecule has 0 fully saturated rings. The molecule has 1 heterocycles. The number of anilines is 1. The third kappa shape index (κ3) is 5.60. The van der Waals surface area contributed by atoms with E-state index in [2.05, 4.69) is 42.8 Å². The molecule has 0 aliphatic heterocycles. The van der Waals surface area contributed by atoms with E-state index in [1.54, 1.807) is 0 Å². The van der Waals surface area contributed by atoms with E-state index in [0.29, 0.717) is 6.04 Å². The molecule has 0 bridgehead atoms. The van der Waals surface area contributed by atoms with Crippen LogP contribution in [0.2, 0.25) is 0 Å². The lowest BCUT2D eigenvalue weighted by atomic mass is 10.1. The number of pyridine rings is 1. The van der Waals surface area contributed by atoms with E-state index in [1.807, 2.05) is 13.1 Å². The van der Waals surface area contributed by atoms with Gasteiger partial charge in [0.05, 0.1) is 0 Å². The zero-order valence-electron chi connectivity index (χ0n) is 12.9. The highest BCUT2D eigenvalue weighted by molar-refractivity contribution is 5.40. The molecule has 0 aliphatic carbocycles. The second-order valence-corrected chi connectivity index (χ2v) is 5.70. The Morgan fingerprint density at radius 1 is 1.21 bits per heavy atom. The fourth-order valence-electron chi connectivity index (χ4n) is 2.25. The van der Waals surface area contributed by atoms with Gasteiger partial charge >= 0.3 is 0 Å². The first-order chi connectivity index (χ1) is 9.04. The third-order valence-corrected chi connectivity index (χ3v) is 3.29. The number of hydrogen-bond acceptors (Lipinski definition) is 3. The first-order valence-corrected chi connectivity index (χ1v) is 7.51. The maximum absolute atomic E-state index is 5.81. The molecule has 1 unspecified atom stereocenters. The van der Waals surface area contributed by atoms with Crippen molar-refractivity contribution in [3.8, 4) is 0 Å². The first-order valence-electron chi connectivity index (χ1n) is 7.51. The Labute approximate surface area is 118 Å². The predicted molar refractivity (Wildman–Crippen MR) is 83.6 cm³/mol. The second-order valence-electron chi connectivity index (χ2n) is 5.70. The maximum atomic E-state index is 5.81. The number of hydrogen-bond donors (Lipinski definition) is 1. The standard InChI is InChI=1S/C16H29N3/c1-5-6-7-10-19(13(2)3)16-9-8-15(12-18-16)11-14(4)17/h8-9,12-14H,5-7,10-11,17H2,1-4H3. The average Bonchev–Trinajstić information content (AvgIpc) is 2.35. The van der Waals surface area contributed by atoms with Crippen LogP contribution in [0.25, 0.3) is 0 Å². The quantitative estimate of drug-likeness (QED) is 0.731. The van der Waals surface area contributed by atoms with Crippen molar-refractivity contribution < 1.29 is 0 Å². The summed E-state index contributed by atoms with van der Waals surface area (Å²) in [6.07, 6.45) is 6.63. The predicted octanol–water partition coefficient (Wildman–Crippen LogP) is 3.38. The zero-order valence-corrected chi connectivity index (χ0v) is 12.9. The van der Waals surface area contributed by atoms with Crippen molar-refractivity contribution >= 4 is 5.82 Å². The summed E-state index contributed by atoms with van der Waals surface area (Å²) in [5.74, 6) is 1.08. The van der Waals surface area contributed by atoms with Gasteiger partial charge in [-0.3, -0.25) is 0 Å². The van der Waals surface area contributed by atoms with Gasteiger partial charge in [0.1, 0.15) is 5.82 Å². The largest absolute Gasteiger partial charge is 0.354 e. The summed E-state index contributed by atoms with van der Waals surface area (Å²) in [6, 6.07) is 4.96. The molecule has 2 N–H and O–H groups in total. The molecule has 0 saturated heterocycles. The van der Waals surface area contributed by atoms with E-state index in [0.717, 1.165) is 18.8 Å². The lowest BCUT2D eigenvalue weighted by Crippen LogP contribution is -2.32. The van der Waals surface area contributed by atoms with Gasteiger partial charge in [-0.1, -0.05) is 25.8 Å².